The SMILES string of the molecule is CNc1cc(C(=O)NCc2cscc2C)cc(Cl)n1. The molecule has 2 N–H and O–H groups in total. The van der Waals surface area contributed by atoms with Crippen molar-refractivity contribution in [2.45, 2.75) is 13.5 Å². The highest BCUT2D eigenvalue weighted by Gasteiger charge is 2.09. The zero-order valence-electron chi connectivity index (χ0n) is 10.7. The highest BCUT2D eigenvalue weighted by atomic mass is 35.5. The van der Waals surface area contributed by atoms with Crippen LogP contribution in [0.1, 0.15) is 21.5 Å². The number of aryl methyl sites for hydroxylation is 1. The second-order valence-electron chi connectivity index (χ2n) is 4.08. The Balaban J connectivity index is 2.08. The van der Waals surface area contributed by atoms with E-state index in [2.05, 4.69) is 21.0 Å². The van der Waals surface area contributed by atoms with Gasteiger partial charge in [0.05, 0.1) is 0 Å². The van der Waals surface area contributed by atoms with Crippen molar-refractivity contribution in [3.8, 4) is 0 Å². The highest BCUT2D eigenvalue weighted by molar-refractivity contribution is 7.08. The number of hydrogen-bond donors (Lipinski definition) is 2. The summed E-state index contributed by atoms with van der Waals surface area (Å²) in [6.45, 7) is 2.55. The van der Waals surface area contributed by atoms with Crippen LogP contribution in [0.15, 0.2) is 22.9 Å². The molecule has 0 unspecified atom stereocenters. The van der Waals surface area contributed by atoms with Crippen LogP contribution in [0.25, 0.3) is 0 Å². The molecule has 100 valence electrons. The number of pyridine rings is 1. The largest absolute Gasteiger partial charge is 0.373 e. The second-order valence-corrected chi connectivity index (χ2v) is 5.21. The van der Waals surface area contributed by atoms with Gasteiger partial charge in [0.2, 0.25) is 0 Å². The molecule has 2 aromatic rings. The first kappa shape index (κ1) is 13.8. The van der Waals surface area contributed by atoms with Gasteiger partial charge >= 0.3 is 0 Å². The summed E-state index contributed by atoms with van der Waals surface area (Å²) in [6.07, 6.45) is 0. The molecule has 0 aromatic carbocycles. The smallest absolute Gasteiger partial charge is 0.251 e. The fraction of sp³-hybridized carbons (Fsp3) is 0.231. The number of anilines is 1. The van der Waals surface area contributed by atoms with Crippen LogP contribution in [0.5, 0.6) is 0 Å². The maximum atomic E-state index is 12.0. The Hall–Kier alpha value is -1.59. The van der Waals surface area contributed by atoms with E-state index in [0.717, 1.165) is 5.56 Å². The summed E-state index contributed by atoms with van der Waals surface area (Å²) in [4.78, 5) is 16.1. The van der Waals surface area contributed by atoms with E-state index in [4.69, 9.17) is 11.6 Å². The summed E-state index contributed by atoms with van der Waals surface area (Å²) >= 11 is 7.50. The topological polar surface area (TPSA) is 54.0 Å². The lowest BCUT2D eigenvalue weighted by Gasteiger charge is -2.07. The van der Waals surface area contributed by atoms with Crippen LogP contribution in [-0.2, 0) is 6.54 Å². The average Bonchev–Trinajstić information content (AvgIpc) is 2.80. The summed E-state index contributed by atoms with van der Waals surface area (Å²) in [5.41, 5.74) is 2.82. The van der Waals surface area contributed by atoms with Gasteiger partial charge in [-0.05, 0) is 40.9 Å². The van der Waals surface area contributed by atoms with E-state index in [9.17, 15) is 4.79 Å². The average molecular weight is 296 g/mol. The third kappa shape index (κ3) is 3.45. The number of aromatic nitrogens is 1. The van der Waals surface area contributed by atoms with Gasteiger partial charge in [-0.25, -0.2) is 4.98 Å². The Bertz CT molecular complexity index is 597. The Labute approximate surface area is 120 Å². The molecule has 2 rings (SSSR count). The summed E-state index contributed by atoms with van der Waals surface area (Å²) < 4.78 is 0. The molecular weight excluding hydrogens is 282 g/mol. The van der Waals surface area contributed by atoms with Crippen molar-refractivity contribution in [2.24, 2.45) is 0 Å². The maximum absolute atomic E-state index is 12.0. The number of halogens is 1. The first-order valence-corrected chi connectivity index (χ1v) is 7.07. The number of carbonyl (C=O) groups excluding carboxylic acids is 1. The molecule has 6 heteroatoms. The molecule has 19 heavy (non-hydrogen) atoms. The lowest BCUT2D eigenvalue weighted by atomic mass is 10.2. The van der Waals surface area contributed by atoms with Gasteiger partial charge in [-0.2, -0.15) is 11.3 Å². The zero-order valence-corrected chi connectivity index (χ0v) is 12.2. The summed E-state index contributed by atoms with van der Waals surface area (Å²) in [6, 6.07) is 3.22. The molecule has 2 aromatic heterocycles. The third-order valence-corrected chi connectivity index (χ3v) is 3.82. The molecule has 0 saturated carbocycles. The Morgan fingerprint density at radius 2 is 2.21 bits per heavy atom. The Morgan fingerprint density at radius 1 is 1.42 bits per heavy atom. The van der Waals surface area contributed by atoms with Crippen molar-refractivity contribution in [1.29, 1.82) is 0 Å². The van der Waals surface area contributed by atoms with Crippen molar-refractivity contribution in [3.05, 3.63) is 44.7 Å². The molecule has 4 nitrogen and oxygen atoms in total. The van der Waals surface area contributed by atoms with E-state index >= 15 is 0 Å². The predicted octanol–water partition coefficient (Wildman–Crippen LogP) is 3.08. The van der Waals surface area contributed by atoms with Gasteiger partial charge in [-0.1, -0.05) is 11.6 Å². The number of nitrogens with zero attached hydrogens (tertiary/aromatic N) is 1. The second kappa shape index (κ2) is 6.04. The van der Waals surface area contributed by atoms with Gasteiger partial charge in [0.25, 0.3) is 5.91 Å². The minimum absolute atomic E-state index is 0.161. The van der Waals surface area contributed by atoms with Gasteiger partial charge in [0, 0.05) is 19.2 Å². The molecule has 0 atom stereocenters. The molecular formula is C13H14ClN3OS. The number of thiophene rings is 1. The maximum Gasteiger partial charge on any atom is 0.251 e. The molecule has 0 aliphatic carbocycles. The van der Waals surface area contributed by atoms with Crippen molar-refractivity contribution < 1.29 is 4.79 Å². The van der Waals surface area contributed by atoms with Crippen LogP contribution in [0.2, 0.25) is 5.15 Å². The lowest BCUT2D eigenvalue weighted by molar-refractivity contribution is 0.0951. The van der Waals surface area contributed by atoms with Gasteiger partial charge in [-0.3, -0.25) is 4.79 Å². The summed E-state index contributed by atoms with van der Waals surface area (Å²) in [5, 5.41) is 10.1. The van der Waals surface area contributed by atoms with Gasteiger partial charge < -0.3 is 10.6 Å². The lowest BCUT2D eigenvalue weighted by Crippen LogP contribution is -2.23. The Morgan fingerprint density at radius 3 is 2.84 bits per heavy atom. The normalized spacial score (nSPS) is 10.3. The van der Waals surface area contributed by atoms with Gasteiger partial charge in [0.1, 0.15) is 11.0 Å². The molecule has 0 saturated heterocycles. The first-order chi connectivity index (χ1) is 9.10. The van der Waals surface area contributed by atoms with E-state index in [-0.39, 0.29) is 5.91 Å². The molecule has 0 radical (unpaired) electrons. The van der Waals surface area contributed by atoms with Crippen molar-refractivity contribution in [3.63, 3.8) is 0 Å². The van der Waals surface area contributed by atoms with E-state index in [1.54, 1.807) is 30.5 Å². The van der Waals surface area contributed by atoms with Crippen molar-refractivity contribution >= 4 is 34.7 Å². The molecule has 0 aliphatic heterocycles. The van der Waals surface area contributed by atoms with Crippen LogP contribution in [0.3, 0.4) is 0 Å². The molecule has 0 fully saturated rings. The highest BCUT2D eigenvalue weighted by Crippen LogP contribution is 2.16. The van der Waals surface area contributed by atoms with E-state index in [0.29, 0.717) is 23.1 Å². The number of rotatable bonds is 4. The van der Waals surface area contributed by atoms with Crippen LogP contribution in [-0.4, -0.2) is 17.9 Å². The van der Waals surface area contributed by atoms with Crippen LogP contribution in [0.4, 0.5) is 5.82 Å². The van der Waals surface area contributed by atoms with Crippen LogP contribution < -0.4 is 10.6 Å². The molecule has 1 amide bonds. The van der Waals surface area contributed by atoms with Gasteiger partial charge in [0.15, 0.2) is 0 Å². The zero-order chi connectivity index (χ0) is 13.8. The van der Waals surface area contributed by atoms with Crippen LogP contribution >= 0.6 is 22.9 Å². The number of amides is 1. The molecule has 0 spiro atoms. The number of hydrogen-bond acceptors (Lipinski definition) is 4. The molecule has 0 aliphatic rings. The van der Waals surface area contributed by atoms with E-state index < -0.39 is 0 Å². The monoisotopic (exact) mass is 295 g/mol. The quantitative estimate of drug-likeness (QED) is 0.852. The third-order valence-electron chi connectivity index (χ3n) is 2.71. The minimum atomic E-state index is -0.161. The first-order valence-electron chi connectivity index (χ1n) is 5.75. The molecule has 0 bridgehead atoms. The van der Waals surface area contributed by atoms with E-state index in [1.165, 1.54) is 5.56 Å². The van der Waals surface area contributed by atoms with E-state index in [1.807, 2.05) is 12.3 Å². The summed E-state index contributed by atoms with van der Waals surface area (Å²) in [5.74, 6) is 0.413. The Kier molecular flexibility index (Phi) is 4.39. The fourth-order valence-corrected chi connectivity index (χ4v) is 2.67. The van der Waals surface area contributed by atoms with Gasteiger partial charge in [-0.15, -0.1) is 0 Å². The standard InChI is InChI=1S/C13H14ClN3OS/c1-8-6-19-7-10(8)5-16-13(18)9-3-11(14)17-12(4-9)15-2/h3-4,6-7H,5H2,1-2H3,(H,15,17)(H,16,18). The predicted molar refractivity (Wildman–Crippen MR) is 79.0 cm³/mol. The minimum Gasteiger partial charge on any atom is -0.373 e. The number of nitrogens with one attached hydrogen (secondary N) is 2. The number of carbonyl (C=O) groups is 1. The van der Waals surface area contributed by atoms with Crippen LogP contribution in [0, 0.1) is 6.92 Å². The fourth-order valence-electron chi connectivity index (χ4n) is 1.60. The summed E-state index contributed by atoms with van der Waals surface area (Å²) in [7, 11) is 1.73. The van der Waals surface area contributed by atoms with Crippen molar-refractivity contribution in [1.82, 2.24) is 10.3 Å². The molecule has 2 heterocycles. The van der Waals surface area contributed by atoms with Crippen molar-refractivity contribution in [2.75, 3.05) is 12.4 Å².